The molecule has 0 radical (unpaired) electrons. The van der Waals surface area contributed by atoms with Gasteiger partial charge in [0.1, 0.15) is 6.61 Å². The molecule has 0 saturated carbocycles. The second kappa shape index (κ2) is 6.89. The number of rotatable bonds is 5. The van der Waals surface area contributed by atoms with E-state index in [1.165, 1.54) is 0 Å². The van der Waals surface area contributed by atoms with Gasteiger partial charge in [-0.05, 0) is 35.4 Å². The number of esters is 1. The third-order valence-electron chi connectivity index (χ3n) is 3.33. The smallest absolute Gasteiger partial charge is 0.338 e. The first-order valence-corrected chi connectivity index (χ1v) is 7.38. The molecule has 2 aromatic rings. The first kappa shape index (κ1) is 15.6. The van der Waals surface area contributed by atoms with E-state index in [4.69, 9.17) is 30.5 Å². The van der Waals surface area contributed by atoms with Gasteiger partial charge in [0.2, 0.25) is 6.79 Å². The molecule has 1 aliphatic heterocycles. The van der Waals surface area contributed by atoms with Crippen molar-refractivity contribution in [2.75, 3.05) is 13.9 Å². The van der Waals surface area contributed by atoms with Crippen LogP contribution < -0.4 is 9.47 Å². The zero-order valence-electron chi connectivity index (χ0n) is 12.5. The fraction of sp³-hybridized carbons (Fsp3) is 0.235. The van der Waals surface area contributed by atoms with Crippen molar-refractivity contribution in [1.29, 1.82) is 0 Å². The van der Waals surface area contributed by atoms with Crippen LogP contribution in [0.25, 0.3) is 0 Å². The van der Waals surface area contributed by atoms with E-state index in [1.807, 2.05) is 6.07 Å². The predicted octanol–water partition coefficient (Wildman–Crippen LogP) is 3.57. The van der Waals surface area contributed by atoms with E-state index in [2.05, 4.69) is 0 Å². The lowest BCUT2D eigenvalue weighted by Gasteiger charge is -2.08. The topological polar surface area (TPSA) is 54.0 Å². The van der Waals surface area contributed by atoms with Gasteiger partial charge in [0.05, 0.1) is 17.2 Å². The van der Waals surface area contributed by atoms with Crippen LogP contribution in [0.2, 0.25) is 5.02 Å². The Morgan fingerprint density at radius 3 is 2.87 bits per heavy atom. The summed E-state index contributed by atoms with van der Waals surface area (Å²) in [5.74, 6) is 0.677. The van der Waals surface area contributed by atoms with Gasteiger partial charge in [-0.2, -0.15) is 0 Å². The van der Waals surface area contributed by atoms with Crippen LogP contribution in [0.3, 0.4) is 0 Å². The van der Waals surface area contributed by atoms with Crippen molar-refractivity contribution in [2.24, 2.45) is 0 Å². The van der Waals surface area contributed by atoms with Gasteiger partial charge in [0, 0.05) is 7.11 Å². The molecule has 0 unspecified atom stereocenters. The van der Waals surface area contributed by atoms with Crippen molar-refractivity contribution in [3.05, 3.63) is 58.1 Å². The minimum absolute atomic E-state index is 0.101. The Kier molecular flexibility index (Phi) is 4.69. The lowest BCUT2D eigenvalue weighted by Crippen LogP contribution is -2.06. The molecule has 0 aromatic heterocycles. The molecule has 0 bridgehead atoms. The third kappa shape index (κ3) is 3.57. The number of carbonyl (C=O) groups excluding carboxylic acids is 1. The van der Waals surface area contributed by atoms with Gasteiger partial charge < -0.3 is 18.9 Å². The van der Waals surface area contributed by atoms with Crippen molar-refractivity contribution in [3.8, 4) is 11.5 Å². The minimum atomic E-state index is -0.406. The normalized spacial score (nSPS) is 12.3. The fourth-order valence-corrected chi connectivity index (χ4v) is 2.58. The molecule has 0 atom stereocenters. The van der Waals surface area contributed by atoms with Gasteiger partial charge in [0.15, 0.2) is 11.5 Å². The molecule has 2 aromatic carbocycles. The van der Waals surface area contributed by atoms with Crippen LogP contribution in [0.15, 0.2) is 36.4 Å². The molecule has 1 heterocycles. The molecule has 0 aliphatic carbocycles. The third-order valence-corrected chi connectivity index (χ3v) is 3.61. The quantitative estimate of drug-likeness (QED) is 0.782. The Morgan fingerprint density at radius 1 is 1.17 bits per heavy atom. The number of halogens is 1. The highest BCUT2D eigenvalue weighted by molar-refractivity contribution is 6.32. The summed E-state index contributed by atoms with van der Waals surface area (Å²) in [5, 5.41) is 0.438. The molecule has 0 saturated heterocycles. The van der Waals surface area contributed by atoms with E-state index >= 15 is 0 Å². The molecule has 3 rings (SSSR count). The zero-order chi connectivity index (χ0) is 16.2. The summed E-state index contributed by atoms with van der Waals surface area (Å²) >= 11 is 6.10. The Balaban J connectivity index is 1.67. The van der Waals surface area contributed by atoms with Gasteiger partial charge in [-0.1, -0.05) is 23.7 Å². The number of carbonyl (C=O) groups is 1. The Bertz CT molecular complexity index is 729. The van der Waals surface area contributed by atoms with E-state index in [0.29, 0.717) is 28.7 Å². The minimum Gasteiger partial charge on any atom is -0.457 e. The molecule has 120 valence electrons. The SMILES string of the molecule is COCc1cccc(C(=O)OCc2cc(Cl)c3c(c2)OCO3)c1. The van der Waals surface area contributed by atoms with E-state index in [0.717, 1.165) is 11.1 Å². The number of hydrogen-bond donors (Lipinski definition) is 0. The van der Waals surface area contributed by atoms with Crippen molar-refractivity contribution < 1.29 is 23.7 Å². The van der Waals surface area contributed by atoms with E-state index in [1.54, 1.807) is 37.4 Å². The predicted molar refractivity (Wildman–Crippen MR) is 83.8 cm³/mol. The van der Waals surface area contributed by atoms with Gasteiger partial charge in [-0.25, -0.2) is 4.79 Å². The summed E-state index contributed by atoms with van der Waals surface area (Å²) < 4.78 is 20.9. The molecule has 6 heteroatoms. The summed E-state index contributed by atoms with van der Waals surface area (Å²) in [4.78, 5) is 12.1. The maximum Gasteiger partial charge on any atom is 0.338 e. The average Bonchev–Trinajstić information content (AvgIpc) is 3.02. The second-order valence-electron chi connectivity index (χ2n) is 5.02. The molecule has 1 aliphatic rings. The van der Waals surface area contributed by atoms with Crippen molar-refractivity contribution >= 4 is 17.6 Å². The Labute approximate surface area is 138 Å². The molecular weight excluding hydrogens is 320 g/mol. The summed E-state index contributed by atoms with van der Waals surface area (Å²) in [6, 6.07) is 10.6. The Hall–Kier alpha value is -2.24. The summed E-state index contributed by atoms with van der Waals surface area (Å²) in [6.07, 6.45) is 0. The molecule has 23 heavy (non-hydrogen) atoms. The van der Waals surface area contributed by atoms with Crippen LogP contribution in [-0.2, 0) is 22.7 Å². The first-order chi connectivity index (χ1) is 11.2. The molecular formula is C17H15ClO5. The number of fused-ring (bicyclic) bond motifs is 1. The fourth-order valence-electron chi connectivity index (χ4n) is 2.29. The van der Waals surface area contributed by atoms with Gasteiger partial charge >= 0.3 is 5.97 Å². The van der Waals surface area contributed by atoms with Crippen LogP contribution in [0, 0.1) is 0 Å². The van der Waals surface area contributed by atoms with Crippen LogP contribution in [-0.4, -0.2) is 19.9 Å². The van der Waals surface area contributed by atoms with E-state index < -0.39 is 5.97 Å². The van der Waals surface area contributed by atoms with Crippen molar-refractivity contribution in [1.82, 2.24) is 0 Å². The number of hydrogen-bond acceptors (Lipinski definition) is 5. The van der Waals surface area contributed by atoms with Gasteiger partial charge in [0.25, 0.3) is 0 Å². The standard InChI is InChI=1S/C17H15ClO5/c1-20-8-11-3-2-4-13(5-11)17(19)21-9-12-6-14(18)16-15(7-12)22-10-23-16/h2-7H,8-10H2,1H3. The molecule has 5 nitrogen and oxygen atoms in total. The molecule has 0 spiro atoms. The van der Waals surface area contributed by atoms with Crippen LogP contribution in [0.1, 0.15) is 21.5 Å². The maximum atomic E-state index is 12.1. The number of benzene rings is 2. The van der Waals surface area contributed by atoms with Crippen molar-refractivity contribution in [3.63, 3.8) is 0 Å². The monoisotopic (exact) mass is 334 g/mol. The lowest BCUT2D eigenvalue weighted by atomic mass is 10.1. The highest BCUT2D eigenvalue weighted by atomic mass is 35.5. The van der Waals surface area contributed by atoms with Gasteiger partial charge in [-0.15, -0.1) is 0 Å². The van der Waals surface area contributed by atoms with E-state index in [9.17, 15) is 4.79 Å². The van der Waals surface area contributed by atoms with Crippen molar-refractivity contribution in [2.45, 2.75) is 13.2 Å². The number of methoxy groups -OCH3 is 1. The average molecular weight is 335 g/mol. The number of ether oxygens (including phenoxy) is 4. The summed E-state index contributed by atoms with van der Waals surface area (Å²) in [5.41, 5.74) is 2.13. The van der Waals surface area contributed by atoms with Crippen LogP contribution >= 0.6 is 11.6 Å². The maximum absolute atomic E-state index is 12.1. The van der Waals surface area contributed by atoms with Gasteiger partial charge in [-0.3, -0.25) is 0 Å². The van der Waals surface area contributed by atoms with E-state index in [-0.39, 0.29) is 13.4 Å². The Morgan fingerprint density at radius 2 is 2.04 bits per heavy atom. The highest BCUT2D eigenvalue weighted by Gasteiger charge is 2.19. The van der Waals surface area contributed by atoms with Crippen LogP contribution in [0.4, 0.5) is 0 Å². The zero-order valence-corrected chi connectivity index (χ0v) is 13.3. The summed E-state index contributed by atoms with van der Waals surface area (Å²) in [6.45, 7) is 0.688. The first-order valence-electron chi connectivity index (χ1n) is 7.00. The molecule has 0 amide bonds. The molecule has 0 fully saturated rings. The lowest BCUT2D eigenvalue weighted by molar-refractivity contribution is 0.0472. The van der Waals surface area contributed by atoms with Crippen LogP contribution in [0.5, 0.6) is 11.5 Å². The second-order valence-corrected chi connectivity index (χ2v) is 5.43. The summed E-state index contributed by atoms with van der Waals surface area (Å²) in [7, 11) is 1.61. The molecule has 0 N–H and O–H groups in total. The largest absolute Gasteiger partial charge is 0.457 e. The highest BCUT2D eigenvalue weighted by Crippen LogP contribution is 2.39.